The average molecular weight is 351 g/mol. The Morgan fingerprint density at radius 1 is 1.20 bits per heavy atom. The second-order valence-corrected chi connectivity index (χ2v) is 7.66. The SMILES string of the molecule is Cc1ccc(NC(=O)N2CCC[C@@H](c3nc4ccccc4s3)C2)cc1. The predicted octanol–water partition coefficient (Wildman–Crippen LogP) is 5.02. The molecule has 1 atom stereocenters. The molecule has 1 N–H and O–H groups in total. The Balaban J connectivity index is 1.46. The van der Waals surface area contributed by atoms with Gasteiger partial charge in [0, 0.05) is 24.7 Å². The molecule has 0 saturated carbocycles. The molecular formula is C20H21N3OS. The van der Waals surface area contributed by atoms with E-state index in [9.17, 15) is 4.79 Å². The molecule has 0 unspecified atom stereocenters. The highest BCUT2D eigenvalue weighted by atomic mass is 32.1. The van der Waals surface area contributed by atoms with Gasteiger partial charge in [0.1, 0.15) is 0 Å². The van der Waals surface area contributed by atoms with Crippen LogP contribution in [-0.4, -0.2) is 29.0 Å². The Bertz CT molecular complexity index is 854. The van der Waals surface area contributed by atoms with E-state index >= 15 is 0 Å². The van der Waals surface area contributed by atoms with Crippen LogP contribution in [0.2, 0.25) is 0 Å². The van der Waals surface area contributed by atoms with Crippen LogP contribution in [0, 0.1) is 6.92 Å². The zero-order valence-corrected chi connectivity index (χ0v) is 15.1. The van der Waals surface area contributed by atoms with Crippen LogP contribution in [0.4, 0.5) is 10.5 Å². The summed E-state index contributed by atoms with van der Waals surface area (Å²) in [5, 5.41) is 4.15. The summed E-state index contributed by atoms with van der Waals surface area (Å²) in [5.41, 5.74) is 3.09. The van der Waals surface area contributed by atoms with Gasteiger partial charge in [-0.3, -0.25) is 0 Å². The summed E-state index contributed by atoms with van der Waals surface area (Å²) >= 11 is 1.75. The van der Waals surface area contributed by atoms with Crippen molar-refractivity contribution in [1.82, 2.24) is 9.88 Å². The zero-order valence-electron chi connectivity index (χ0n) is 14.2. The molecule has 2 amide bonds. The topological polar surface area (TPSA) is 45.2 Å². The van der Waals surface area contributed by atoms with Crippen molar-refractivity contribution >= 4 is 33.3 Å². The minimum absolute atomic E-state index is 0.0188. The maximum Gasteiger partial charge on any atom is 0.321 e. The summed E-state index contributed by atoms with van der Waals surface area (Å²) in [6, 6.07) is 16.1. The van der Waals surface area contributed by atoms with Crippen molar-refractivity contribution in [3.63, 3.8) is 0 Å². The Labute approximate surface area is 151 Å². The number of anilines is 1. The van der Waals surface area contributed by atoms with Gasteiger partial charge >= 0.3 is 6.03 Å². The molecule has 1 aliphatic rings. The highest BCUT2D eigenvalue weighted by molar-refractivity contribution is 7.18. The number of likely N-dealkylation sites (tertiary alicyclic amines) is 1. The van der Waals surface area contributed by atoms with E-state index in [1.807, 2.05) is 48.2 Å². The number of fused-ring (bicyclic) bond motifs is 1. The van der Waals surface area contributed by atoms with Crippen molar-refractivity contribution in [2.75, 3.05) is 18.4 Å². The number of hydrogen-bond acceptors (Lipinski definition) is 3. The van der Waals surface area contributed by atoms with E-state index in [0.29, 0.717) is 5.92 Å². The molecule has 0 bridgehead atoms. The number of nitrogens with one attached hydrogen (secondary N) is 1. The molecule has 1 aliphatic heterocycles. The number of aromatic nitrogens is 1. The molecule has 128 valence electrons. The van der Waals surface area contributed by atoms with Gasteiger partial charge < -0.3 is 10.2 Å². The number of hydrogen-bond donors (Lipinski definition) is 1. The molecule has 4 rings (SSSR count). The molecule has 0 aliphatic carbocycles. The van der Waals surface area contributed by atoms with Gasteiger partial charge in [0.2, 0.25) is 0 Å². The fraction of sp³-hybridized carbons (Fsp3) is 0.300. The first kappa shape index (κ1) is 16.1. The number of rotatable bonds is 2. The summed E-state index contributed by atoms with van der Waals surface area (Å²) in [5.74, 6) is 0.329. The van der Waals surface area contributed by atoms with Gasteiger partial charge in [-0.15, -0.1) is 11.3 Å². The number of carbonyl (C=O) groups excluding carboxylic acids is 1. The second-order valence-electron chi connectivity index (χ2n) is 6.60. The van der Waals surface area contributed by atoms with E-state index in [0.717, 1.165) is 42.1 Å². The first-order valence-corrected chi connectivity index (χ1v) is 9.49. The second kappa shape index (κ2) is 6.84. The largest absolute Gasteiger partial charge is 0.324 e. The molecule has 5 heteroatoms. The van der Waals surface area contributed by atoms with Crippen LogP contribution in [0.15, 0.2) is 48.5 Å². The maximum atomic E-state index is 12.6. The van der Waals surface area contributed by atoms with Crippen LogP contribution in [-0.2, 0) is 0 Å². The molecule has 1 fully saturated rings. The quantitative estimate of drug-likeness (QED) is 0.705. The smallest absolute Gasteiger partial charge is 0.321 e. The Morgan fingerprint density at radius 2 is 2.00 bits per heavy atom. The third-order valence-corrected chi connectivity index (χ3v) is 5.87. The molecular weight excluding hydrogens is 330 g/mol. The monoisotopic (exact) mass is 351 g/mol. The number of thiazole rings is 1. The normalized spacial score (nSPS) is 17.6. The fourth-order valence-corrected chi connectivity index (χ4v) is 4.36. The van der Waals surface area contributed by atoms with Gasteiger partial charge in [0.15, 0.2) is 0 Å². The number of aryl methyl sites for hydroxylation is 1. The molecule has 3 aromatic rings. The van der Waals surface area contributed by atoms with Crippen molar-refractivity contribution in [2.24, 2.45) is 0 Å². The van der Waals surface area contributed by atoms with Crippen LogP contribution in [0.3, 0.4) is 0 Å². The average Bonchev–Trinajstić information content (AvgIpc) is 3.08. The molecule has 2 heterocycles. The van der Waals surface area contributed by atoms with E-state index in [4.69, 9.17) is 4.98 Å². The minimum Gasteiger partial charge on any atom is -0.324 e. The van der Waals surface area contributed by atoms with E-state index in [2.05, 4.69) is 17.4 Å². The van der Waals surface area contributed by atoms with Crippen LogP contribution < -0.4 is 5.32 Å². The third-order valence-electron chi connectivity index (χ3n) is 4.67. The number of nitrogens with zero attached hydrogens (tertiary/aromatic N) is 2. The zero-order chi connectivity index (χ0) is 17.2. The molecule has 2 aromatic carbocycles. The first-order chi connectivity index (χ1) is 12.2. The lowest BCUT2D eigenvalue weighted by molar-refractivity contribution is 0.193. The third kappa shape index (κ3) is 3.51. The van der Waals surface area contributed by atoms with E-state index in [-0.39, 0.29) is 6.03 Å². The van der Waals surface area contributed by atoms with Crippen LogP contribution in [0.5, 0.6) is 0 Å². The number of amides is 2. The molecule has 25 heavy (non-hydrogen) atoms. The van der Waals surface area contributed by atoms with Crippen LogP contribution >= 0.6 is 11.3 Å². The Morgan fingerprint density at radius 3 is 2.80 bits per heavy atom. The summed E-state index contributed by atoms with van der Waals surface area (Å²) in [6.45, 7) is 3.58. The van der Waals surface area contributed by atoms with E-state index in [1.165, 1.54) is 10.3 Å². The lowest BCUT2D eigenvalue weighted by Gasteiger charge is -2.31. The molecule has 1 saturated heterocycles. The predicted molar refractivity (Wildman–Crippen MR) is 103 cm³/mol. The van der Waals surface area contributed by atoms with Gasteiger partial charge in [-0.1, -0.05) is 29.8 Å². The Hall–Kier alpha value is -2.40. The Kier molecular flexibility index (Phi) is 4.40. The molecule has 0 spiro atoms. The minimum atomic E-state index is -0.0188. The number of para-hydroxylation sites is 1. The van der Waals surface area contributed by atoms with E-state index in [1.54, 1.807) is 11.3 Å². The summed E-state index contributed by atoms with van der Waals surface area (Å²) in [6.07, 6.45) is 2.11. The van der Waals surface area contributed by atoms with E-state index < -0.39 is 0 Å². The van der Waals surface area contributed by atoms with Crippen molar-refractivity contribution in [2.45, 2.75) is 25.7 Å². The molecule has 4 nitrogen and oxygen atoms in total. The highest BCUT2D eigenvalue weighted by Gasteiger charge is 2.27. The van der Waals surface area contributed by atoms with Gasteiger partial charge in [-0.05, 0) is 44.0 Å². The van der Waals surface area contributed by atoms with Crippen molar-refractivity contribution in [3.8, 4) is 0 Å². The van der Waals surface area contributed by atoms with Crippen molar-refractivity contribution in [1.29, 1.82) is 0 Å². The van der Waals surface area contributed by atoms with Gasteiger partial charge in [-0.25, -0.2) is 9.78 Å². The van der Waals surface area contributed by atoms with Gasteiger partial charge in [-0.2, -0.15) is 0 Å². The van der Waals surface area contributed by atoms with Gasteiger partial charge in [0.05, 0.1) is 15.2 Å². The van der Waals surface area contributed by atoms with Crippen LogP contribution in [0.25, 0.3) is 10.2 Å². The fourth-order valence-electron chi connectivity index (χ4n) is 3.27. The summed E-state index contributed by atoms with van der Waals surface area (Å²) in [7, 11) is 0. The molecule has 1 aromatic heterocycles. The van der Waals surface area contributed by atoms with Gasteiger partial charge in [0.25, 0.3) is 0 Å². The van der Waals surface area contributed by atoms with Crippen molar-refractivity contribution in [3.05, 3.63) is 59.1 Å². The number of benzene rings is 2. The maximum absolute atomic E-state index is 12.6. The lowest BCUT2D eigenvalue weighted by Crippen LogP contribution is -2.41. The number of urea groups is 1. The first-order valence-electron chi connectivity index (χ1n) is 8.67. The lowest BCUT2D eigenvalue weighted by atomic mass is 9.99. The number of carbonyl (C=O) groups is 1. The number of piperidine rings is 1. The molecule has 0 radical (unpaired) electrons. The standard InChI is InChI=1S/C20H21N3OS/c1-14-8-10-16(11-9-14)21-20(24)23-12-4-5-15(13-23)19-22-17-6-2-3-7-18(17)25-19/h2-3,6-11,15H,4-5,12-13H2,1H3,(H,21,24)/t15-/m1/s1. The van der Waals surface area contributed by atoms with Crippen molar-refractivity contribution < 1.29 is 4.79 Å². The van der Waals surface area contributed by atoms with Crippen LogP contribution in [0.1, 0.15) is 29.3 Å². The highest BCUT2D eigenvalue weighted by Crippen LogP contribution is 2.33. The summed E-state index contributed by atoms with van der Waals surface area (Å²) < 4.78 is 1.22. The summed E-state index contributed by atoms with van der Waals surface area (Å²) in [4.78, 5) is 19.3.